The predicted octanol–water partition coefficient (Wildman–Crippen LogP) is 1.26. The first-order valence-corrected chi connectivity index (χ1v) is 4.68. The Morgan fingerprint density at radius 2 is 2.44 bits per heavy atom. The van der Waals surface area contributed by atoms with Crippen LogP contribution in [0.3, 0.4) is 0 Å². The average molecular weight is 217 g/mol. The predicted molar refractivity (Wildman–Crippen MR) is 60.6 cm³/mol. The first-order chi connectivity index (χ1) is 7.88. The highest BCUT2D eigenvalue weighted by atomic mass is 16.5. The fourth-order valence-corrected chi connectivity index (χ4v) is 1.09. The van der Waals surface area contributed by atoms with Gasteiger partial charge in [0.25, 0.3) is 0 Å². The second-order valence-corrected chi connectivity index (χ2v) is 2.92. The molecule has 2 rings (SSSR count). The molecule has 0 bridgehead atoms. The summed E-state index contributed by atoms with van der Waals surface area (Å²) in [5.74, 6) is 0.884. The van der Waals surface area contributed by atoms with Gasteiger partial charge in [0.1, 0.15) is 0 Å². The summed E-state index contributed by atoms with van der Waals surface area (Å²) < 4.78 is 4.96. The lowest BCUT2D eigenvalue weighted by molar-refractivity contribution is 0.397. The zero-order chi connectivity index (χ0) is 11.2. The molecular weight excluding hydrogens is 206 g/mol. The van der Waals surface area contributed by atoms with E-state index in [9.17, 15) is 0 Å². The van der Waals surface area contributed by atoms with Crippen molar-refractivity contribution in [2.24, 2.45) is 5.10 Å². The van der Waals surface area contributed by atoms with Crippen LogP contribution in [0.4, 0.5) is 5.95 Å². The van der Waals surface area contributed by atoms with Crippen LogP contribution >= 0.6 is 0 Å². The highest BCUT2D eigenvalue weighted by molar-refractivity contribution is 5.77. The molecule has 0 unspecified atom stereocenters. The van der Waals surface area contributed by atoms with Gasteiger partial charge in [-0.05, 0) is 12.1 Å². The quantitative estimate of drug-likeness (QED) is 0.597. The summed E-state index contributed by atoms with van der Waals surface area (Å²) in [5.41, 5.74) is 3.60. The molecule has 2 aromatic heterocycles. The summed E-state index contributed by atoms with van der Waals surface area (Å²) >= 11 is 0. The fraction of sp³-hybridized carbons (Fsp3) is 0.100. The zero-order valence-corrected chi connectivity index (χ0v) is 8.71. The Hall–Kier alpha value is -2.37. The summed E-state index contributed by atoms with van der Waals surface area (Å²) in [5, 5.41) is 3.97. The number of aromatic nitrogens is 3. The number of rotatable bonds is 4. The number of nitrogens with one attached hydrogen (secondary N) is 2. The van der Waals surface area contributed by atoms with Gasteiger partial charge in [-0.3, -0.25) is 0 Å². The molecule has 0 aliphatic heterocycles. The van der Waals surface area contributed by atoms with Gasteiger partial charge < -0.3 is 9.72 Å². The minimum Gasteiger partial charge on any atom is -0.481 e. The standard InChI is InChI=1S/C10H11N5O/c1-16-9-4-6-12-10(14-9)15-13-7-8-3-2-5-11-8/h2-7,11H,1H3,(H,12,14,15)/b13-7-. The smallest absolute Gasteiger partial charge is 0.246 e. The highest BCUT2D eigenvalue weighted by Crippen LogP contribution is 2.06. The molecule has 2 N–H and O–H groups in total. The number of methoxy groups -OCH3 is 1. The molecule has 6 heteroatoms. The molecule has 0 atom stereocenters. The maximum Gasteiger partial charge on any atom is 0.246 e. The normalized spacial score (nSPS) is 10.6. The molecule has 82 valence electrons. The Morgan fingerprint density at radius 3 is 3.19 bits per heavy atom. The maximum atomic E-state index is 4.96. The number of ether oxygens (including phenoxy) is 1. The highest BCUT2D eigenvalue weighted by Gasteiger charge is 1.95. The van der Waals surface area contributed by atoms with Gasteiger partial charge in [-0.15, -0.1) is 0 Å². The van der Waals surface area contributed by atoms with E-state index in [1.807, 2.05) is 18.3 Å². The van der Waals surface area contributed by atoms with Crippen molar-refractivity contribution in [3.63, 3.8) is 0 Å². The molecule has 6 nitrogen and oxygen atoms in total. The Balaban J connectivity index is 1.99. The van der Waals surface area contributed by atoms with Crippen molar-refractivity contribution in [1.29, 1.82) is 0 Å². The van der Waals surface area contributed by atoms with Crippen LogP contribution < -0.4 is 10.2 Å². The lowest BCUT2D eigenvalue weighted by Crippen LogP contribution is -1.98. The molecule has 0 radical (unpaired) electrons. The lowest BCUT2D eigenvalue weighted by Gasteiger charge is -2.00. The van der Waals surface area contributed by atoms with E-state index in [-0.39, 0.29) is 0 Å². The summed E-state index contributed by atoms with van der Waals surface area (Å²) in [6.07, 6.45) is 5.06. The van der Waals surface area contributed by atoms with Gasteiger partial charge in [0.15, 0.2) is 0 Å². The van der Waals surface area contributed by atoms with Gasteiger partial charge in [0.05, 0.1) is 19.0 Å². The van der Waals surface area contributed by atoms with Gasteiger partial charge in [0, 0.05) is 18.5 Å². The van der Waals surface area contributed by atoms with Crippen LogP contribution in [-0.4, -0.2) is 28.3 Å². The van der Waals surface area contributed by atoms with Crippen molar-refractivity contribution in [3.8, 4) is 5.88 Å². The third-order valence-electron chi connectivity index (χ3n) is 1.83. The van der Waals surface area contributed by atoms with E-state index in [1.165, 1.54) is 0 Å². The first kappa shape index (κ1) is 10.2. The number of hydrogen-bond acceptors (Lipinski definition) is 5. The molecule has 0 fully saturated rings. The largest absolute Gasteiger partial charge is 0.481 e. The summed E-state index contributed by atoms with van der Waals surface area (Å²) in [6.45, 7) is 0. The molecular formula is C10H11N5O. The van der Waals surface area contributed by atoms with Crippen molar-refractivity contribution < 1.29 is 4.74 Å². The first-order valence-electron chi connectivity index (χ1n) is 4.68. The monoisotopic (exact) mass is 217 g/mol. The number of hydrogen-bond donors (Lipinski definition) is 2. The molecule has 0 aromatic carbocycles. The SMILES string of the molecule is COc1ccnc(N/N=C\c2ccc[nH]2)n1. The van der Waals surface area contributed by atoms with Crippen LogP contribution in [0.15, 0.2) is 35.7 Å². The van der Waals surface area contributed by atoms with Crippen LogP contribution in [0.5, 0.6) is 5.88 Å². The van der Waals surface area contributed by atoms with Crippen LogP contribution in [0, 0.1) is 0 Å². The van der Waals surface area contributed by atoms with Crippen LogP contribution in [-0.2, 0) is 0 Å². The Morgan fingerprint density at radius 1 is 1.50 bits per heavy atom. The average Bonchev–Trinajstić information content (AvgIpc) is 2.82. The molecule has 0 aliphatic rings. The Kier molecular flexibility index (Phi) is 3.12. The number of hydrazone groups is 1. The Bertz CT molecular complexity index is 466. The second-order valence-electron chi connectivity index (χ2n) is 2.92. The van der Waals surface area contributed by atoms with E-state index in [1.54, 1.807) is 25.6 Å². The van der Waals surface area contributed by atoms with Gasteiger partial charge in [-0.25, -0.2) is 10.4 Å². The minimum atomic E-state index is 0.391. The lowest BCUT2D eigenvalue weighted by atomic mass is 10.5. The number of nitrogens with zero attached hydrogens (tertiary/aromatic N) is 3. The van der Waals surface area contributed by atoms with Crippen molar-refractivity contribution in [2.45, 2.75) is 0 Å². The Labute approximate surface area is 92.4 Å². The molecule has 2 aromatic rings. The van der Waals surface area contributed by atoms with Crippen molar-refractivity contribution >= 4 is 12.2 Å². The zero-order valence-electron chi connectivity index (χ0n) is 8.71. The number of aromatic amines is 1. The van der Waals surface area contributed by atoms with Gasteiger partial charge in [-0.1, -0.05) is 0 Å². The van der Waals surface area contributed by atoms with Gasteiger partial charge in [0.2, 0.25) is 11.8 Å². The third kappa shape index (κ3) is 2.57. The van der Waals surface area contributed by atoms with Gasteiger partial charge >= 0.3 is 0 Å². The van der Waals surface area contributed by atoms with Crippen LogP contribution in [0.1, 0.15) is 5.69 Å². The second kappa shape index (κ2) is 4.92. The molecule has 0 amide bonds. The summed E-state index contributed by atoms with van der Waals surface area (Å²) in [7, 11) is 1.55. The molecule has 0 spiro atoms. The topological polar surface area (TPSA) is 75.2 Å². The fourth-order valence-electron chi connectivity index (χ4n) is 1.09. The van der Waals surface area contributed by atoms with Crippen LogP contribution in [0.25, 0.3) is 0 Å². The third-order valence-corrected chi connectivity index (χ3v) is 1.83. The van der Waals surface area contributed by atoms with E-state index in [4.69, 9.17) is 4.74 Å². The number of anilines is 1. The van der Waals surface area contributed by atoms with Crippen molar-refractivity contribution in [2.75, 3.05) is 12.5 Å². The molecule has 0 saturated carbocycles. The molecule has 0 saturated heterocycles. The number of H-pyrrole nitrogens is 1. The van der Waals surface area contributed by atoms with E-state index >= 15 is 0 Å². The van der Waals surface area contributed by atoms with Crippen molar-refractivity contribution in [1.82, 2.24) is 15.0 Å². The van der Waals surface area contributed by atoms with Crippen molar-refractivity contribution in [3.05, 3.63) is 36.3 Å². The van der Waals surface area contributed by atoms with E-state index < -0.39 is 0 Å². The van der Waals surface area contributed by atoms with Crippen LogP contribution in [0.2, 0.25) is 0 Å². The minimum absolute atomic E-state index is 0.391. The van der Waals surface area contributed by atoms with Gasteiger partial charge in [-0.2, -0.15) is 10.1 Å². The van der Waals surface area contributed by atoms with E-state index in [0.717, 1.165) is 5.69 Å². The summed E-state index contributed by atoms with van der Waals surface area (Å²) in [4.78, 5) is 11.0. The molecule has 2 heterocycles. The van der Waals surface area contributed by atoms with E-state index in [0.29, 0.717) is 11.8 Å². The molecule has 0 aliphatic carbocycles. The molecule has 16 heavy (non-hydrogen) atoms. The maximum absolute atomic E-state index is 4.96. The van der Waals surface area contributed by atoms with E-state index in [2.05, 4.69) is 25.5 Å². The summed E-state index contributed by atoms with van der Waals surface area (Å²) in [6, 6.07) is 5.46.